The first kappa shape index (κ1) is 31.1. The van der Waals surface area contributed by atoms with E-state index in [-0.39, 0.29) is 22.9 Å². The van der Waals surface area contributed by atoms with Gasteiger partial charge in [0.1, 0.15) is 18.3 Å². The number of piperidine rings is 1. The lowest BCUT2D eigenvalue weighted by atomic mass is 9.35. The predicted octanol–water partition coefficient (Wildman–Crippen LogP) is 5.19. The number of fused-ring (bicyclic) bond motifs is 2. The molecule has 6 atom stereocenters. The third-order valence-corrected chi connectivity index (χ3v) is 12.5. The van der Waals surface area contributed by atoms with Gasteiger partial charge in [-0.25, -0.2) is 0 Å². The summed E-state index contributed by atoms with van der Waals surface area (Å²) in [6.45, 7) is 6.95. The van der Waals surface area contributed by atoms with Gasteiger partial charge < -0.3 is 33.2 Å². The number of ether oxygens (including phenoxy) is 7. The number of rotatable bonds is 17. The van der Waals surface area contributed by atoms with Crippen molar-refractivity contribution >= 4 is 0 Å². The van der Waals surface area contributed by atoms with Crippen molar-refractivity contribution in [1.82, 2.24) is 4.90 Å². The molecule has 1 saturated heterocycles. The Labute approximate surface area is 273 Å². The van der Waals surface area contributed by atoms with Crippen LogP contribution in [-0.4, -0.2) is 96.2 Å². The fraction of sp³-hybridized carbons (Fsp3) is 0.684. The Bertz CT molecular complexity index is 1370. The summed E-state index contributed by atoms with van der Waals surface area (Å²) in [5.41, 5.74) is 3.82. The van der Waals surface area contributed by atoms with Gasteiger partial charge >= 0.3 is 0 Å². The summed E-state index contributed by atoms with van der Waals surface area (Å²) in [4.78, 5) is 2.90. The van der Waals surface area contributed by atoms with Crippen LogP contribution < -0.4 is 9.47 Å². The Hall–Kier alpha value is -2.20. The molecular weight excluding hydrogens is 582 g/mol. The lowest BCUT2D eigenvalue weighted by Gasteiger charge is -2.74. The maximum absolute atomic E-state index is 7.29. The molecule has 46 heavy (non-hydrogen) atoms. The molecule has 8 nitrogen and oxygen atoms in total. The van der Waals surface area contributed by atoms with Crippen molar-refractivity contribution in [3.8, 4) is 11.5 Å². The van der Waals surface area contributed by atoms with Gasteiger partial charge in [-0.3, -0.25) is 4.90 Å². The van der Waals surface area contributed by atoms with Gasteiger partial charge in [-0.2, -0.15) is 0 Å². The zero-order valence-corrected chi connectivity index (χ0v) is 27.7. The van der Waals surface area contributed by atoms with Gasteiger partial charge in [-0.05, 0) is 74.6 Å². The Balaban J connectivity index is 1.07. The molecule has 7 aliphatic rings. The molecule has 2 aliphatic heterocycles. The molecular formula is C38H51NO7. The molecule has 2 aromatic carbocycles. The van der Waals surface area contributed by atoms with Gasteiger partial charge in [-0.15, -0.1) is 0 Å². The summed E-state index contributed by atoms with van der Waals surface area (Å²) in [5.74, 6) is 2.97. The average molecular weight is 634 g/mol. The summed E-state index contributed by atoms with van der Waals surface area (Å²) >= 11 is 0. The van der Waals surface area contributed by atoms with Crippen LogP contribution in [-0.2, 0) is 42.1 Å². The fourth-order valence-electron chi connectivity index (χ4n) is 10.4. The quantitative estimate of drug-likeness (QED) is 0.221. The van der Waals surface area contributed by atoms with Crippen LogP contribution in [0.5, 0.6) is 11.5 Å². The topological polar surface area (TPSA) is 67.9 Å². The third-order valence-electron chi connectivity index (χ3n) is 12.5. The van der Waals surface area contributed by atoms with Crippen molar-refractivity contribution in [3.63, 3.8) is 0 Å². The molecule has 0 amide bonds. The van der Waals surface area contributed by atoms with Crippen LogP contribution in [0, 0.1) is 17.3 Å². The highest BCUT2D eigenvalue weighted by Crippen LogP contribution is 2.76. The molecule has 2 unspecified atom stereocenters. The van der Waals surface area contributed by atoms with Gasteiger partial charge in [0.05, 0.1) is 46.2 Å². The molecule has 0 aromatic heterocycles. The second-order valence-corrected chi connectivity index (χ2v) is 14.6. The number of hydrogen-bond acceptors (Lipinski definition) is 8. The largest absolute Gasteiger partial charge is 0.487 e. The van der Waals surface area contributed by atoms with E-state index in [1.807, 2.05) is 7.11 Å². The van der Waals surface area contributed by atoms with E-state index in [9.17, 15) is 0 Å². The minimum Gasteiger partial charge on any atom is -0.487 e. The Kier molecular flexibility index (Phi) is 8.57. The standard InChI is InChI=1S/C38H51NO7/c1-40-16-17-42-18-19-43-20-21-45-31-11-10-29-22-32-36-12-13-38(41-2,30(23-36)26-44-25-28-6-4-3-5-7-28)35-37(36,33(29)34(31)46-35)14-15-39(32)24-27-8-9-27/h3-7,10-11,27,30,32,35H,8-9,12-26H2,1-2H3/t30-,32?,35-,36-,37?,38-/m1/s1. The van der Waals surface area contributed by atoms with Crippen LogP contribution in [0.15, 0.2) is 42.5 Å². The summed E-state index contributed by atoms with van der Waals surface area (Å²) in [6, 6.07) is 15.6. The SMILES string of the molecule is COCCOCCOCCOc1ccc2c3c1O[C@@H]1C34CCN(CC3CC3)C(C2)[C@]42CC[C@@]1(OC)[C@@H](COCc1ccccc1)C2. The van der Waals surface area contributed by atoms with E-state index in [1.165, 1.54) is 42.5 Å². The summed E-state index contributed by atoms with van der Waals surface area (Å²) in [7, 11) is 3.60. The van der Waals surface area contributed by atoms with E-state index in [1.54, 1.807) is 7.11 Å². The first-order chi connectivity index (χ1) is 22.6. The van der Waals surface area contributed by atoms with Crippen molar-refractivity contribution in [2.24, 2.45) is 17.3 Å². The number of nitrogens with zero attached hydrogens (tertiary/aromatic N) is 1. The molecule has 2 aromatic rings. The number of hydrogen-bond donors (Lipinski definition) is 0. The molecule has 9 rings (SSSR count). The van der Waals surface area contributed by atoms with E-state index >= 15 is 0 Å². The Morgan fingerprint density at radius 3 is 2.46 bits per heavy atom. The molecule has 2 spiro atoms. The zero-order chi connectivity index (χ0) is 31.2. The zero-order valence-electron chi connectivity index (χ0n) is 27.7. The number of methoxy groups -OCH3 is 2. The second kappa shape index (κ2) is 12.7. The monoisotopic (exact) mass is 633 g/mol. The van der Waals surface area contributed by atoms with E-state index < -0.39 is 5.60 Å². The van der Waals surface area contributed by atoms with E-state index in [4.69, 9.17) is 33.2 Å². The first-order valence-electron chi connectivity index (χ1n) is 17.7. The highest BCUT2D eigenvalue weighted by atomic mass is 16.6. The molecule has 5 fully saturated rings. The number of benzene rings is 2. The van der Waals surface area contributed by atoms with Crippen LogP contribution in [0.2, 0.25) is 0 Å². The fourth-order valence-corrected chi connectivity index (χ4v) is 10.4. The van der Waals surface area contributed by atoms with Crippen molar-refractivity contribution < 1.29 is 33.2 Å². The predicted molar refractivity (Wildman–Crippen MR) is 174 cm³/mol. The highest BCUT2D eigenvalue weighted by molar-refractivity contribution is 5.63. The minimum absolute atomic E-state index is 0.0392. The van der Waals surface area contributed by atoms with Crippen LogP contribution in [0.4, 0.5) is 0 Å². The van der Waals surface area contributed by atoms with Gasteiger partial charge in [0.25, 0.3) is 0 Å². The summed E-state index contributed by atoms with van der Waals surface area (Å²) in [6.07, 6.45) is 8.29. The summed E-state index contributed by atoms with van der Waals surface area (Å²) < 4.78 is 43.3. The van der Waals surface area contributed by atoms with Crippen LogP contribution >= 0.6 is 0 Å². The molecule has 5 aliphatic carbocycles. The van der Waals surface area contributed by atoms with Crippen LogP contribution in [0.25, 0.3) is 0 Å². The third kappa shape index (κ3) is 4.93. The Morgan fingerprint density at radius 1 is 0.870 bits per heavy atom. The second-order valence-electron chi connectivity index (χ2n) is 14.6. The smallest absolute Gasteiger partial charge is 0.165 e. The van der Waals surface area contributed by atoms with Crippen molar-refractivity contribution in [2.45, 2.75) is 74.7 Å². The van der Waals surface area contributed by atoms with Gasteiger partial charge in [-0.1, -0.05) is 36.4 Å². The Morgan fingerprint density at radius 2 is 1.67 bits per heavy atom. The normalized spacial score (nSPS) is 33.6. The lowest BCUT2D eigenvalue weighted by molar-refractivity contribution is -0.283. The summed E-state index contributed by atoms with van der Waals surface area (Å²) in [5, 5.41) is 0. The van der Waals surface area contributed by atoms with Gasteiger partial charge in [0.2, 0.25) is 0 Å². The van der Waals surface area contributed by atoms with E-state index in [0.29, 0.717) is 58.9 Å². The first-order valence-corrected chi connectivity index (χ1v) is 17.7. The minimum atomic E-state index is -0.390. The molecule has 250 valence electrons. The molecule has 4 bridgehead atoms. The molecule has 4 saturated carbocycles. The molecule has 0 N–H and O–H groups in total. The molecule has 8 heteroatoms. The van der Waals surface area contributed by atoms with Crippen molar-refractivity contribution in [3.05, 3.63) is 59.2 Å². The average Bonchev–Trinajstić information content (AvgIpc) is 3.83. The van der Waals surface area contributed by atoms with Crippen molar-refractivity contribution in [1.29, 1.82) is 0 Å². The van der Waals surface area contributed by atoms with Crippen LogP contribution in [0.3, 0.4) is 0 Å². The lowest BCUT2D eigenvalue weighted by Crippen LogP contribution is -2.81. The van der Waals surface area contributed by atoms with E-state index in [0.717, 1.165) is 49.6 Å². The number of likely N-dealkylation sites (tertiary alicyclic amines) is 1. The maximum Gasteiger partial charge on any atom is 0.165 e. The van der Waals surface area contributed by atoms with Crippen molar-refractivity contribution in [2.75, 3.05) is 73.6 Å². The van der Waals surface area contributed by atoms with Crippen LogP contribution in [0.1, 0.15) is 55.2 Å². The van der Waals surface area contributed by atoms with Gasteiger partial charge in [0.15, 0.2) is 11.5 Å². The van der Waals surface area contributed by atoms with E-state index in [2.05, 4.69) is 47.4 Å². The molecule has 2 heterocycles. The van der Waals surface area contributed by atoms with Gasteiger partial charge in [0, 0.05) is 49.1 Å². The maximum atomic E-state index is 7.29. The molecule has 0 radical (unpaired) electrons. The highest BCUT2D eigenvalue weighted by Gasteiger charge is 2.80.